The highest BCUT2D eigenvalue weighted by molar-refractivity contribution is 5.80. The van der Waals surface area contributed by atoms with Gasteiger partial charge >= 0.3 is 0 Å². The van der Waals surface area contributed by atoms with Crippen LogP contribution in [0.4, 0.5) is 4.39 Å². The predicted molar refractivity (Wildman–Crippen MR) is 90.1 cm³/mol. The van der Waals surface area contributed by atoms with E-state index in [1.807, 2.05) is 22.7 Å². The van der Waals surface area contributed by atoms with Gasteiger partial charge in [0, 0.05) is 28.8 Å². The van der Waals surface area contributed by atoms with Crippen LogP contribution in [0.1, 0.15) is 25.6 Å². The average Bonchev–Trinajstić information content (AvgIpc) is 3.21. The minimum absolute atomic E-state index is 0.257. The molecule has 0 bridgehead atoms. The third-order valence-corrected chi connectivity index (χ3v) is 4.03. The lowest BCUT2D eigenvalue weighted by Gasteiger charge is -2.07. The van der Waals surface area contributed by atoms with E-state index in [4.69, 9.17) is 0 Å². The topological polar surface area (TPSA) is 58.9 Å². The maximum absolute atomic E-state index is 13.2. The summed E-state index contributed by atoms with van der Waals surface area (Å²) in [7, 11) is 0. The van der Waals surface area contributed by atoms with Crippen LogP contribution in [0.15, 0.2) is 48.8 Å². The van der Waals surface area contributed by atoms with E-state index in [-0.39, 0.29) is 11.7 Å². The number of rotatable bonds is 3. The summed E-state index contributed by atoms with van der Waals surface area (Å²) in [6.45, 7) is 4.18. The second-order valence-electron chi connectivity index (χ2n) is 6.02. The molecule has 0 amide bonds. The van der Waals surface area contributed by atoms with Gasteiger partial charge in [0.1, 0.15) is 11.6 Å². The molecular formula is C18H16FN5. The summed E-state index contributed by atoms with van der Waals surface area (Å²) in [5.41, 5.74) is 4.50. The molecule has 0 saturated heterocycles. The van der Waals surface area contributed by atoms with Crippen LogP contribution < -0.4 is 0 Å². The molecule has 0 aliphatic heterocycles. The Morgan fingerprint density at radius 3 is 2.50 bits per heavy atom. The Kier molecular flexibility index (Phi) is 3.37. The van der Waals surface area contributed by atoms with Crippen molar-refractivity contribution in [2.45, 2.75) is 19.8 Å². The number of halogens is 1. The number of hydrogen-bond donors (Lipinski definition) is 1. The molecule has 0 aliphatic carbocycles. The zero-order valence-electron chi connectivity index (χ0n) is 13.4. The molecule has 4 aromatic rings. The Hall–Kier alpha value is -3.02. The van der Waals surface area contributed by atoms with E-state index in [1.54, 1.807) is 18.3 Å². The fourth-order valence-corrected chi connectivity index (χ4v) is 2.80. The standard InChI is InChI=1S/C18H16FN5/c1-11(2)18-23-21-16-8-5-13(10-24(16)18)15-9-20-22-17(15)12-3-6-14(19)7-4-12/h3-11H,1-2H3,(H,20,22). The molecule has 0 radical (unpaired) electrons. The van der Waals surface area contributed by atoms with Gasteiger partial charge in [-0.3, -0.25) is 9.50 Å². The lowest BCUT2D eigenvalue weighted by atomic mass is 10.0. The first-order valence-corrected chi connectivity index (χ1v) is 7.78. The molecule has 24 heavy (non-hydrogen) atoms. The number of hydrogen-bond acceptors (Lipinski definition) is 3. The van der Waals surface area contributed by atoms with Crippen molar-refractivity contribution in [3.63, 3.8) is 0 Å². The first-order chi connectivity index (χ1) is 11.6. The second kappa shape index (κ2) is 5.56. The number of benzene rings is 1. The Morgan fingerprint density at radius 2 is 1.75 bits per heavy atom. The Morgan fingerprint density at radius 1 is 1.00 bits per heavy atom. The number of aromatic amines is 1. The molecule has 0 saturated carbocycles. The fourth-order valence-electron chi connectivity index (χ4n) is 2.80. The van der Waals surface area contributed by atoms with E-state index >= 15 is 0 Å². The van der Waals surface area contributed by atoms with Crippen molar-refractivity contribution >= 4 is 5.65 Å². The molecule has 0 aliphatic rings. The Bertz CT molecular complexity index is 998. The highest BCUT2D eigenvalue weighted by Crippen LogP contribution is 2.30. The quantitative estimate of drug-likeness (QED) is 0.619. The summed E-state index contributed by atoms with van der Waals surface area (Å²) in [6, 6.07) is 10.3. The summed E-state index contributed by atoms with van der Waals surface area (Å²) in [4.78, 5) is 0. The summed E-state index contributed by atoms with van der Waals surface area (Å²) >= 11 is 0. The van der Waals surface area contributed by atoms with Crippen LogP contribution in [0.25, 0.3) is 28.0 Å². The minimum Gasteiger partial charge on any atom is -0.286 e. The summed E-state index contributed by atoms with van der Waals surface area (Å²) < 4.78 is 15.2. The molecular weight excluding hydrogens is 305 g/mol. The highest BCUT2D eigenvalue weighted by Gasteiger charge is 2.14. The maximum atomic E-state index is 13.2. The first-order valence-electron chi connectivity index (χ1n) is 7.78. The van der Waals surface area contributed by atoms with Crippen molar-refractivity contribution in [1.29, 1.82) is 0 Å². The summed E-state index contributed by atoms with van der Waals surface area (Å²) in [5, 5.41) is 15.6. The van der Waals surface area contributed by atoms with Crippen molar-refractivity contribution in [1.82, 2.24) is 24.8 Å². The molecule has 1 aromatic carbocycles. The monoisotopic (exact) mass is 321 g/mol. The van der Waals surface area contributed by atoms with E-state index < -0.39 is 0 Å². The van der Waals surface area contributed by atoms with Gasteiger partial charge in [-0.25, -0.2) is 4.39 Å². The van der Waals surface area contributed by atoms with Gasteiger partial charge in [0.25, 0.3) is 0 Å². The maximum Gasteiger partial charge on any atom is 0.160 e. The van der Waals surface area contributed by atoms with Gasteiger partial charge in [-0.2, -0.15) is 5.10 Å². The largest absolute Gasteiger partial charge is 0.286 e. The molecule has 4 rings (SSSR count). The van der Waals surface area contributed by atoms with Gasteiger partial charge in [0.05, 0.1) is 11.9 Å². The average molecular weight is 321 g/mol. The summed E-state index contributed by atoms with van der Waals surface area (Å²) in [5.74, 6) is 0.933. The van der Waals surface area contributed by atoms with Crippen LogP contribution in [0.3, 0.4) is 0 Å². The van der Waals surface area contributed by atoms with Gasteiger partial charge in [-0.15, -0.1) is 10.2 Å². The van der Waals surface area contributed by atoms with E-state index in [9.17, 15) is 4.39 Å². The number of nitrogens with zero attached hydrogens (tertiary/aromatic N) is 4. The zero-order valence-corrected chi connectivity index (χ0v) is 13.4. The zero-order chi connectivity index (χ0) is 16.7. The lowest BCUT2D eigenvalue weighted by Crippen LogP contribution is -1.97. The van der Waals surface area contributed by atoms with Crippen molar-refractivity contribution in [2.24, 2.45) is 0 Å². The van der Waals surface area contributed by atoms with Crippen molar-refractivity contribution in [2.75, 3.05) is 0 Å². The Labute approximate surface area is 138 Å². The fraction of sp³-hybridized carbons (Fsp3) is 0.167. The number of H-pyrrole nitrogens is 1. The number of fused-ring (bicyclic) bond motifs is 1. The molecule has 0 atom stereocenters. The van der Waals surface area contributed by atoms with Gasteiger partial charge < -0.3 is 0 Å². The Balaban J connectivity index is 1.85. The molecule has 5 nitrogen and oxygen atoms in total. The normalized spacial score (nSPS) is 11.5. The molecule has 3 aromatic heterocycles. The predicted octanol–water partition coefficient (Wildman–Crippen LogP) is 4.05. The van der Waals surface area contributed by atoms with Crippen LogP contribution in [-0.4, -0.2) is 24.8 Å². The van der Waals surface area contributed by atoms with E-state index in [1.165, 1.54) is 12.1 Å². The van der Waals surface area contributed by atoms with Crippen molar-refractivity contribution in [3.05, 3.63) is 60.4 Å². The molecule has 120 valence electrons. The minimum atomic E-state index is -0.257. The van der Waals surface area contributed by atoms with Crippen LogP contribution in [0, 0.1) is 5.82 Å². The number of nitrogens with one attached hydrogen (secondary N) is 1. The molecule has 0 fully saturated rings. The number of pyridine rings is 1. The van der Waals surface area contributed by atoms with Gasteiger partial charge in [0.2, 0.25) is 0 Å². The third-order valence-electron chi connectivity index (χ3n) is 4.03. The number of aromatic nitrogens is 5. The van der Waals surface area contributed by atoms with Crippen molar-refractivity contribution in [3.8, 4) is 22.4 Å². The molecule has 0 spiro atoms. The van der Waals surface area contributed by atoms with Crippen molar-refractivity contribution < 1.29 is 4.39 Å². The van der Waals surface area contributed by atoms with Gasteiger partial charge in [-0.1, -0.05) is 13.8 Å². The van der Waals surface area contributed by atoms with Crippen LogP contribution in [-0.2, 0) is 0 Å². The van der Waals surface area contributed by atoms with E-state index in [2.05, 4.69) is 34.2 Å². The first kappa shape index (κ1) is 14.6. The summed E-state index contributed by atoms with van der Waals surface area (Å²) in [6.07, 6.45) is 3.79. The van der Waals surface area contributed by atoms with E-state index in [0.29, 0.717) is 0 Å². The SMILES string of the molecule is CC(C)c1nnc2ccc(-c3cn[nH]c3-c3ccc(F)cc3)cn12. The lowest BCUT2D eigenvalue weighted by molar-refractivity contribution is 0.628. The van der Waals surface area contributed by atoms with Gasteiger partial charge in [0.15, 0.2) is 5.65 Å². The smallest absolute Gasteiger partial charge is 0.160 e. The second-order valence-corrected chi connectivity index (χ2v) is 6.02. The molecule has 3 heterocycles. The van der Waals surface area contributed by atoms with Crippen LogP contribution >= 0.6 is 0 Å². The van der Waals surface area contributed by atoms with Crippen LogP contribution in [0.5, 0.6) is 0 Å². The van der Waals surface area contributed by atoms with E-state index in [0.717, 1.165) is 33.9 Å². The molecule has 0 unspecified atom stereocenters. The molecule has 6 heteroatoms. The van der Waals surface area contributed by atoms with Gasteiger partial charge in [-0.05, 0) is 36.4 Å². The third kappa shape index (κ3) is 2.36. The van der Waals surface area contributed by atoms with Crippen LogP contribution in [0.2, 0.25) is 0 Å². The highest BCUT2D eigenvalue weighted by atomic mass is 19.1. The molecule has 1 N–H and O–H groups in total.